The van der Waals surface area contributed by atoms with Crippen molar-refractivity contribution in [3.8, 4) is 23.0 Å². The maximum Gasteiger partial charge on any atom is 0.233 e. The Kier molecular flexibility index (Phi) is 5.85. The summed E-state index contributed by atoms with van der Waals surface area (Å²) in [5.74, 6) is 1.35. The molecule has 0 amide bonds. The third kappa shape index (κ3) is 4.28. The number of rotatable bonds is 9. The lowest BCUT2D eigenvalue weighted by atomic mass is 10.3. The second kappa shape index (κ2) is 8.90. The highest BCUT2D eigenvalue weighted by molar-refractivity contribution is 5.63. The van der Waals surface area contributed by atoms with Gasteiger partial charge in [0.05, 0.1) is 39.1 Å². The van der Waals surface area contributed by atoms with E-state index >= 15 is 0 Å². The first kappa shape index (κ1) is 21.7. The van der Waals surface area contributed by atoms with Gasteiger partial charge in [0.2, 0.25) is 17.6 Å². The van der Waals surface area contributed by atoms with Crippen molar-refractivity contribution >= 4 is 17.7 Å². The maximum absolute atomic E-state index is 10.3. The Morgan fingerprint density at radius 2 is 1.55 bits per heavy atom. The quantitative estimate of drug-likeness (QED) is 0.250. The lowest BCUT2D eigenvalue weighted by Gasteiger charge is -2.11. The van der Waals surface area contributed by atoms with Gasteiger partial charge in [-0.15, -0.1) is 0 Å². The Balaban J connectivity index is 1.67. The third-order valence-electron chi connectivity index (χ3n) is 4.90. The van der Waals surface area contributed by atoms with E-state index in [1.807, 2.05) is 0 Å². The Hall–Kier alpha value is -4.55. The zero-order valence-corrected chi connectivity index (χ0v) is 18.1. The van der Waals surface area contributed by atoms with Gasteiger partial charge in [-0.3, -0.25) is 0 Å². The van der Waals surface area contributed by atoms with Crippen molar-refractivity contribution < 1.29 is 29.5 Å². The van der Waals surface area contributed by atoms with Gasteiger partial charge in [-0.05, 0) is 6.08 Å². The highest BCUT2D eigenvalue weighted by Crippen LogP contribution is 2.35. The summed E-state index contributed by atoms with van der Waals surface area (Å²) in [7, 11) is 4.33. The molecule has 0 saturated heterocycles. The van der Waals surface area contributed by atoms with E-state index < -0.39 is 0 Å². The maximum atomic E-state index is 10.3. The second-order valence-corrected chi connectivity index (χ2v) is 6.89. The first-order valence-corrected chi connectivity index (χ1v) is 9.76. The van der Waals surface area contributed by atoms with E-state index in [1.54, 1.807) is 6.08 Å². The number of nitrogens with zero attached hydrogens (tertiary/aromatic N) is 3. The molecule has 1 aliphatic rings. The molecule has 7 N–H and O–H groups in total. The number of methoxy groups -OCH3 is 3. The molecule has 13 heteroatoms. The lowest BCUT2D eigenvalue weighted by molar-refractivity contribution is 0.258. The second-order valence-electron chi connectivity index (χ2n) is 6.89. The topological polar surface area (TPSA) is 183 Å². The summed E-state index contributed by atoms with van der Waals surface area (Å²) < 4.78 is 15.2. The Morgan fingerprint density at radius 1 is 0.879 bits per heavy atom. The Labute approximate surface area is 187 Å². The van der Waals surface area contributed by atoms with E-state index in [-0.39, 0.29) is 53.0 Å². The smallest absolute Gasteiger partial charge is 0.233 e. The molecule has 0 radical (unpaired) electrons. The van der Waals surface area contributed by atoms with Crippen molar-refractivity contribution in [3.63, 3.8) is 0 Å². The normalized spacial score (nSPS) is 13.1. The summed E-state index contributed by atoms with van der Waals surface area (Å²) in [6.45, 7) is 0. The summed E-state index contributed by atoms with van der Waals surface area (Å²) >= 11 is 0. The van der Waals surface area contributed by atoms with E-state index in [4.69, 9.17) is 14.2 Å². The minimum atomic E-state index is -0.147. The molecule has 0 bridgehead atoms. The standard InChI is InChI=1S/C20H23N7O6/c1-31-11-5-4-9(15(11)28)23-19-24-14(6-10-16(29)12(32-2)7-21-10)25-20(27-19)26-18-17(30)13(33-3)8-22-18/h5,7-8,21-22,28-30H,4,6H2,1-3H3,(H2,23,24,25,26,27). The Bertz CT molecular complexity index is 1160. The number of H-pyrrole nitrogens is 2. The van der Waals surface area contributed by atoms with Gasteiger partial charge in [0.1, 0.15) is 5.82 Å². The first-order chi connectivity index (χ1) is 15.9. The average Bonchev–Trinajstić information content (AvgIpc) is 3.46. The van der Waals surface area contributed by atoms with Crippen LogP contribution < -0.4 is 20.1 Å². The minimum absolute atomic E-state index is 0.0486. The zero-order valence-electron chi connectivity index (χ0n) is 18.1. The van der Waals surface area contributed by atoms with Gasteiger partial charge >= 0.3 is 0 Å². The summed E-state index contributed by atoms with van der Waals surface area (Å²) in [5, 5.41) is 36.6. The molecule has 0 unspecified atom stereocenters. The van der Waals surface area contributed by atoms with E-state index in [0.717, 1.165) is 0 Å². The van der Waals surface area contributed by atoms with Gasteiger partial charge in [0, 0.05) is 18.8 Å². The van der Waals surface area contributed by atoms with Gasteiger partial charge in [-0.1, -0.05) is 0 Å². The van der Waals surface area contributed by atoms with Crippen LogP contribution >= 0.6 is 0 Å². The molecular formula is C20H23N7O6. The van der Waals surface area contributed by atoms with Crippen LogP contribution in [0.4, 0.5) is 17.7 Å². The van der Waals surface area contributed by atoms with Gasteiger partial charge in [0.25, 0.3) is 0 Å². The Morgan fingerprint density at radius 3 is 2.15 bits per heavy atom. The van der Waals surface area contributed by atoms with Crippen molar-refractivity contribution in [3.05, 3.63) is 47.2 Å². The fraction of sp³-hybridized carbons (Fsp3) is 0.250. The number of allylic oxidation sites excluding steroid dienone is 1. The molecule has 3 aromatic heterocycles. The summed E-state index contributed by atoms with van der Waals surface area (Å²) in [4.78, 5) is 18.8. The molecule has 0 saturated carbocycles. The predicted molar refractivity (Wildman–Crippen MR) is 117 cm³/mol. The molecule has 3 heterocycles. The van der Waals surface area contributed by atoms with Crippen LogP contribution in [0, 0.1) is 0 Å². The number of anilines is 3. The fourth-order valence-electron chi connectivity index (χ4n) is 3.22. The van der Waals surface area contributed by atoms with Crippen LogP contribution in [0.25, 0.3) is 0 Å². The summed E-state index contributed by atoms with van der Waals surface area (Å²) in [5.41, 5.74) is 0.884. The van der Waals surface area contributed by atoms with Crippen molar-refractivity contribution in [1.29, 1.82) is 0 Å². The highest BCUT2D eigenvalue weighted by atomic mass is 16.5. The van der Waals surface area contributed by atoms with Gasteiger partial charge < -0.3 is 50.1 Å². The SMILES string of the molecule is COC1=CCC(Nc2nc(Cc3[nH]cc(OC)c3O)nc(Nc3[nH]cc(OC)c3O)n2)=C1O. The number of hydrogen-bond acceptors (Lipinski definition) is 11. The molecule has 3 aromatic rings. The van der Waals surface area contributed by atoms with Crippen LogP contribution in [-0.2, 0) is 11.2 Å². The van der Waals surface area contributed by atoms with Crippen molar-refractivity contribution in [2.45, 2.75) is 12.8 Å². The molecule has 0 fully saturated rings. The molecule has 0 aromatic carbocycles. The number of aromatic hydroxyl groups is 2. The molecule has 33 heavy (non-hydrogen) atoms. The summed E-state index contributed by atoms with van der Waals surface area (Å²) in [6.07, 6.45) is 5.22. The number of hydrogen-bond donors (Lipinski definition) is 7. The minimum Gasteiger partial charge on any atom is -0.503 e. The lowest BCUT2D eigenvalue weighted by Crippen LogP contribution is -2.11. The van der Waals surface area contributed by atoms with Crippen molar-refractivity contribution in [2.24, 2.45) is 0 Å². The van der Waals surface area contributed by atoms with Gasteiger partial charge in [-0.25, -0.2) is 0 Å². The van der Waals surface area contributed by atoms with Crippen LogP contribution in [0.1, 0.15) is 17.9 Å². The molecular weight excluding hydrogens is 434 g/mol. The average molecular weight is 457 g/mol. The van der Waals surface area contributed by atoms with Crippen molar-refractivity contribution in [1.82, 2.24) is 24.9 Å². The van der Waals surface area contributed by atoms with Gasteiger partial charge in [-0.2, -0.15) is 15.0 Å². The predicted octanol–water partition coefficient (Wildman–Crippen LogP) is 2.41. The molecule has 0 spiro atoms. The van der Waals surface area contributed by atoms with E-state index in [2.05, 4.69) is 35.6 Å². The molecule has 4 rings (SSSR count). The number of aromatic nitrogens is 5. The number of aromatic amines is 2. The zero-order chi connectivity index (χ0) is 23.5. The van der Waals surface area contributed by atoms with Crippen LogP contribution in [-0.4, -0.2) is 61.6 Å². The molecule has 0 atom stereocenters. The van der Waals surface area contributed by atoms with E-state index in [1.165, 1.54) is 33.7 Å². The number of aliphatic hydroxyl groups is 1. The van der Waals surface area contributed by atoms with Crippen LogP contribution in [0.2, 0.25) is 0 Å². The van der Waals surface area contributed by atoms with Crippen LogP contribution in [0.15, 0.2) is 35.7 Å². The van der Waals surface area contributed by atoms with Crippen molar-refractivity contribution in [2.75, 3.05) is 32.0 Å². The molecule has 13 nitrogen and oxygen atoms in total. The van der Waals surface area contributed by atoms with E-state index in [0.29, 0.717) is 29.3 Å². The monoisotopic (exact) mass is 457 g/mol. The molecule has 1 aliphatic carbocycles. The first-order valence-electron chi connectivity index (χ1n) is 9.76. The van der Waals surface area contributed by atoms with Crippen LogP contribution in [0.3, 0.4) is 0 Å². The van der Waals surface area contributed by atoms with Crippen LogP contribution in [0.5, 0.6) is 23.0 Å². The summed E-state index contributed by atoms with van der Waals surface area (Å²) in [6, 6.07) is 0. The fourth-order valence-corrected chi connectivity index (χ4v) is 3.22. The number of ether oxygens (including phenoxy) is 3. The van der Waals surface area contributed by atoms with Gasteiger partial charge in [0.15, 0.2) is 34.6 Å². The number of aliphatic hydroxyl groups excluding tert-OH is 1. The molecule has 0 aliphatic heterocycles. The molecule has 174 valence electrons. The third-order valence-corrected chi connectivity index (χ3v) is 4.90. The number of nitrogens with one attached hydrogen (secondary N) is 4. The van der Waals surface area contributed by atoms with E-state index in [9.17, 15) is 15.3 Å². The largest absolute Gasteiger partial charge is 0.503 e. The highest BCUT2D eigenvalue weighted by Gasteiger charge is 2.21.